The van der Waals surface area contributed by atoms with Gasteiger partial charge in [-0.2, -0.15) is 18.2 Å². The molecular formula is C13H14F3N3O2. The highest BCUT2D eigenvalue weighted by atomic mass is 19.4. The van der Waals surface area contributed by atoms with Gasteiger partial charge in [0.25, 0.3) is 0 Å². The van der Waals surface area contributed by atoms with Crippen molar-refractivity contribution in [3.63, 3.8) is 0 Å². The van der Waals surface area contributed by atoms with Crippen LogP contribution in [-0.2, 0) is 24.2 Å². The molecule has 114 valence electrons. The van der Waals surface area contributed by atoms with E-state index in [0.29, 0.717) is 24.4 Å². The van der Waals surface area contributed by atoms with Crippen molar-refractivity contribution in [3.8, 4) is 0 Å². The van der Waals surface area contributed by atoms with Gasteiger partial charge in [0.1, 0.15) is 13.2 Å². The molecule has 1 heterocycles. The highest BCUT2D eigenvalue weighted by molar-refractivity contribution is 5.46. The van der Waals surface area contributed by atoms with Crippen LogP contribution in [0.25, 0.3) is 0 Å². The first-order valence-corrected chi connectivity index (χ1v) is 6.23. The lowest BCUT2D eigenvalue weighted by Crippen LogP contribution is -2.16. The van der Waals surface area contributed by atoms with E-state index >= 15 is 0 Å². The van der Waals surface area contributed by atoms with E-state index in [1.54, 1.807) is 6.07 Å². The second-order valence-corrected chi connectivity index (χ2v) is 4.41. The number of nitrogens with two attached hydrogens (primary N) is 1. The van der Waals surface area contributed by atoms with Gasteiger partial charge in [-0.1, -0.05) is 23.4 Å². The lowest BCUT2D eigenvalue weighted by molar-refractivity contribution is -0.177. The molecule has 2 aromatic rings. The second-order valence-electron chi connectivity index (χ2n) is 4.41. The molecule has 0 aliphatic heterocycles. The van der Waals surface area contributed by atoms with Crippen LogP contribution in [0.1, 0.15) is 17.3 Å². The zero-order valence-corrected chi connectivity index (χ0v) is 11.1. The van der Waals surface area contributed by atoms with Gasteiger partial charge >= 0.3 is 6.18 Å². The molecule has 1 aromatic carbocycles. The summed E-state index contributed by atoms with van der Waals surface area (Å²) in [5.74, 6) is 0.430. The van der Waals surface area contributed by atoms with Gasteiger partial charge in [-0.25, -0.2) is 0 Å². The van der Waals surface area contributed by atoms with Crippen LogP contribution in [0.4, 0.5) is 18.9 Å². The molecule has 0 aliphatic rings. The van der Waals surface area contributed by atoms with E-state index in [2.05, 4.69) is 14.9 Å². The molecule has 2 N–H and O–H groups in total. The third-order valence-corrected chi connectivity index (χ3v) is 2.67. The standard InChI is InChI=1S/C13H14F3N3O2/c14-13(15,16)8-20-7-11-18-12(21-19-11)6-5-9-3-1-2-4-10(9)17/h1-4H,5-8,17H2. The Kier molecular flexibility index (Phi) is 4.79. The SMILES string of the molecule is Nc1ccccc1CCc1nc(COCC(F)(F)F)no1. The molecule has 0 saturated carbocycles. The monoisotopic (exact) mass is 301 g/mol. The van der Waals surface area contributed by atoms with Crippen molar-refractivity contribution < 1.29 is 22.4 Å². The van der Waals surface area contributed by atoms with E-state index in [1.807, 2.05) is 18.2 Å². The topological polar surface area (TPSA) is 74.2 Å². The molecule has 5 nitrogen and oxygen atoms in total. The first-order chi connectivity index (χ1) is 9.94. The lowest BCUT2D eigenvalue weighted by atomic mass is 10.1. The number of aryl methyl sites for hydroxylation is 2. The fraction of sp³-hybridized carbons (Fsp3) is 0.385. The summed E-state index contributed by atoms with van der Waals surface area (Å²) in [6, 6.07) is 7.39. The fourth-order valence-electron chi connectivity index (χ4n) is 1.71. The Bertz CT molecular complexity index is 584. The van der Waals surface area contributed by atoms with Gasteiger partial charge in [0.15, 0.2) is 5.82 Å². The predicted molar refractivity (Wildman–Crippen MR) is 68.3 cm³/mol. The summed E-state index contributed by atoms with van der Waals surface area (Å²) in [5, 5.41) is 3.56. The molecule has 2 rings (SSSR count). The molecule has 0 fully saturated rings. The van der Waals surface area contributed by atoms with Crippen LogP contribution in [-0.4, -0.2) is 22.9 Å². The summed E-state index contributed by atoms with van der Waals surface area (Å²) in [5.41, 5.74) is 7.42. The summed E-state index contributed by atoms with van der Waals surface area (Å²) in [4.78, 5) is 3.96. The maximum atomic E-state index is 11.9. The summed E-state index contributed by atoms with van der Waals surface area (Å²) in [6.45, 7) is -1.67. The van der Waals surface area contributed by atoms with Gasteiger partial charge in [0, 0.05) is 12.1 Å². The number of para-hydroxylation sites is 1. The largest absolute Gasteiger partial charge is 0.411 e. The number of benzene rings is 1. The third-order valence-electron chi connectivity index (χ3n) is 2.67. The van der Waals surface area contributed by atoms with Gasteiger partial charge in [-0.15, -0.1) is 0 Å². The Morgan fingerprint density at radius 3 is 2.67 bits per heavy atom. The van der Waals surface area contributed by atoms with Gasteiger partial charge in [-0.3, -0.25) is 0 Å². The average Bonchev–Trinajstić information content (AvgIpc) is 2.84. The van der Waals surface area contributed by atoms with Crippen LogP contribution in [0.5, 0.6) is 0 Å². The summed E-state index contributed by atoms with van der Waals surface area (Å²) in [6.07, 6.45) is -3.30. The number of halogens is 3. The van der Waals surface area contributed by atoms with Crippen molar-refractivity contribution in [2.75, 3.05) is 12.3 Å². The van der Waals surface area contributed by atoms with Gasteiger partial charge in [0.05, 0.1) is 0 Å². The van der Waals surface area contributed by atoms with E-state index in [-0.39, 0.29) is 12.4 Å². The smallest absolute Gasteiger partial charge is 0.399 e. The molecular weight excluding hydrogens is 287 g/mol. The molecule has 0 saturated heterocycles. The van der Waals surface area contributed by atoms with E-state index in [9.17, 15) is 13.2 Å². The van der Waals surface area contributed by atoms with E-state index < -0.39 is 12.8 Å². The summed E-state index contributed by atoms with van der Waals surface area (Å²) >= 11 is 0. The van der Waals surface area contributed by atoms with Crippen LogP contribution < -0.4 is 5.73 Å². The molecule has 0 amide bonds. The number of hydrogen-bond acceptors (Lipinski definition) is 5. The molecule has 0 unspecified atom stereocenters. The number of anilines is 1. The highest BCUT2D eigenvalue weighted by Crippen LogP contribution is 2.16. The summed E-state index contributed by atoms with van der Waals surface area (Å²) in [7, 11) is 0. The van der Waals surface area contributed by atoms with Crippen molar-refractivity contribution in [1.29, 1.82) is 0 Å². The van der Waals surface area contributed by atoms with Crippen molar-refractivity contribution in [2.45, 2.75) is 25.6 Å². The van der Waals surface area contributed by atoms with Crippen molar-refractivity contribution in [3.05, 3.63) is 41.5 Å². The quantitative estimate of drug-likeness (QED) is 0.830. The maximum absolute atomic E-state index is 11.9. The fourth-order valence-corrected chi connectivity index (χ4v) is 1.71. The van der Waals surface area contributed by atoms with E-state index in [4.69, 9.17) is 10.3 Å². The number of alkyl halides is 3. The molecule has 0 aliphatic carbocycles. The van der Waals surface area contributed by atoms with Crippen LogP contribution in [0, 0.1) is 0 Å². The van der Waals surface area contributed by atoms with Crippen LogP contribution >= 0.6 is 0 Å². The Morgan fingerprint density at radius 2 is 1.95 bits per heavy atom. The number of hydrogen-bond donors (Lipinski definition) is 1. The minimum absolute atomic E-state index is 0.0929. The molecule has 21 heavy (non-hydrogen) atoms. The molecule has 0 bridgehead atoms. The van der Waals surface area contributed by atoms with Crippen molar-refractivity contribution in [1.82, 2.24) is 10.1 Å². The predicted octanol–water partition coefficient (Wildman–Crippen LogP) is 2.52. The second kappa shape index (κ2) is 6.57. The minimum atomic E-state index is -4.36. The maximum Gasteiger partial charge on any atom is 0.411 e. The van der Waals surface area contributed by atoms with Gasteiger partial charge < -0.3 is 15.0 Å². The van der Waals surface area contributed by atoms with Crippen molar-refractivity contribution >= 4 is 5.69 Å². The molecule has 0 radical (unpaired) electrons. The minimum Gasteiger partial charge on any atom is -0.399 e. The van der Waals surface area contributed by atoms with Crippen LogP contribution in [0.2, 0.25) is 0 Å². The van der Waals surface area contributed by atoms with Crippen molar-refractivity contribution in [2.24, 2.45) is 0 Å². The van der Waals surface area contributed by atoms with Crippen LogP contribution in [0.15, 0.2) is 28.8 Å². The number of ether oxygens (including phenoxy) is 1. The number of rotatable bonds is 6. The number of nitrogens with zero attached hydrogens (tertiary/aromatic N) is 2. The first kappa shape index (κ1) is 15.3. The summed E-state index contributed by atoms with van der Waals surface area (Å²) < 4.78 is 45.1. The molecule has 1 aromatic heterocycles. The highest BCUT2D eigenvalue weighted by Gasteiger charge is 2.27. The Labute approximate surface area is 118 Å². The number of aromatic nitrogens is 2. The number of nitrogen functional groups attached to an aromatic ring is 1. The normalized spacial score (nSPS) is 11.8. The molecule has 8 heteroatoms. The van der Waals surface area contributed by atoms with Gasteiger partial charge in [-0.05, 0) is 18.1 Å². The average molecular weight is 301 g/mol. The zero-order valence-electron chi connectivity index (χ0n) is 11.1. The van der Waals surface area contributed by atoms with Gasteiger partial charge in [0.2, 0.25) is 5.89 Å². The Balaban J connectivity index is 1.82. The van der Waals surface area contributed by atoms with E-state index in [0.717, 1.165) is 5.56 Å². The third kappa shape index (κ3) is 5.07. The zero-order chi connectivity index (χ0) is 15.3. The Morgan fingerprint density at radius 1 is 1.19 bits per heavy atom. The molecule has 0 atom stereocenters. The lowest BCUT2D eigenvalue weighted by Gasteiger charge is -2.04. The van der Waals surface area contributed by atoms with Crippen LogP contribution in [0.3, 0.4) is 0 Å². The molecule has 0 spiro atoms. The van der Waals surface area contributed by atoms with E-state index in [1.165, 1.54) is 0 Å². The Hall–Kier alpha value is -2.09. The first-order valence-electron chi connectivity index (χ1n) is 6.23.